The zero-order valence-electron chi connectivity index (χ0n) is 31.3. The normalized spacial score (nSPS) is 11.9. The van der Waals surface area contributed by atoms with Gasteiger partial charge in [0.2, 0.25) is 0 Å². The van der Waals surface area contributed by atoms with Crippen molar-refractivity contribution >= 4 is 72.4 Å². The molecule has 0 saturated heterocycles. The minimum atomic E-state index is -3.00. The van der Waals surface area contributed by atoms with Crippen LogP contribution in [-0.2, 0) is 0 Å². The fourth-order valence-electron chi connectivity index (χ4n) is 9.51. The number of hydrogen-bond donors (Lipinski definition) is 0. The fourth-order valence-corrected chi connectivity index (χ4v) is 14.5. The van der Waals surface area contributed by atoms with Gasteiger partial charge >= 0.3 is 0 Å². The van der Waals surface area contributed by atoms with E-state index < -0.39 is 8.07 Å². The lowest BCUT2D eigenvalue weighted by Crippen LogP contribution is -2.74. The van der Waals surface area contributed by atoms with Crippen LogP contribution in [0.2, 0.25) is 0 Å². The first kappa shape index (κ1) is 33.2. The van der Waals surface area contributed by atoms with Gasteiger partial charge in [0.1, 0.15) is 0 Å². The maximum absolute atomic E-state index is 3.00. The summed E-state index contributed by atoms with van der Waals surface area (Å²) in [4.78, 5) is 0. The molecule has 0 aliphatic rings. The van der Waals surface area contributed by atoms with Gasteiger partial charge < -0.3 is 9.13 Å². The quantitative estimate of drug-likeness (QED) is 0.114. The number of benzene rings is 9. The standard InChI is InChI=1S/C54H38N2Si/c1-6-21-39(22-7-1)40-37-51-53(52(38-40)57(42-25-10-3-11-26-42,43-27-12-4-13-28-43)44-29-14-5-15-30-44)47-32-17-19-35-49(47)56(51)50-36-20-33-46-45-31-16-18-34-48(45)55(54(46)50)41-23-8-2-9-24-41/h1-38H. The number of fused-ring (bicyclic) bond motifs is 6. The van der Waals surface area contributed by atoms with Gasteiger partial charge in [0.05, 0.1) is 27.8 Å². The molecule has 0 spiro atoms. The molecule has 2 aromatic heterocycles. The zero-order chi connectivity index (χ0) is 37.8. The van der Waals surface area contributed by atoms with Crippen LogP contribution in [0.1, 0.15) is 0 Å². The Balaban J connectivity index is 1.37. The second-order valence-corrected chi connectivity index (χ2v) is 18.6. The smallest absolute Gasteiger partial charge is 0.180 e. The van der Waals surface area contributed by atoms with E-state index in [2.05, 4.69) is 240 Å². The van der Waals surface area contributed by atoms with Gasteiger partial charge in [-0.05, 0) is 68.3 Å². The molecule has 0 bridgehead atoms. The van der Waals surface area contributed by atoms with Crippen LogP contribution in [0.3, 0.4) is 0 Å². The Morgan fingerprint density at radius 3 is 1.39 bits per heavy atom. The first-order chi connectivity index (χ1) is 28.3. The SMILES string of the molecule is c1ccc(-c2cc([Si](c3ccccc3)(c3ccccc3)c3ccccc3)c3c4ccccc4n(-c4cccc5c6ccccc6n(-c6ccccc6)c45)c3c2)cc1. The molecule has 0 aliphatic heterocycles. The van der Waals surface area contributed by atoms with Crippen LogP contribution in [0.15, 0.2) is 231 Å². The van der Waals surface area contributed by atoms with Crippen LogP contribution in [0, 0.1) is 0 Å². The lowest BCUT2D eigenvalue weighted by Gasteiger charge is -2.35. The molecule has 2 heterocycles. The second kappa shape index (κ2) is 13.5. The van der Waals surface area contributed by atoms with Gasteiger partial charge in [-0.15, -0.1) is 0 Å². The number of aromatic nitrogens is 2. The number of rotatable bonds is 7. The molecule has 9 aromatic carbocycles. The summed E-state index contributed by atoms with van der Waals surface area (Å²) < 4.78 is 5.01. The maximum Gasteiger partial charge on any atom is 0.180 e. The summed E-state index contributed by atoms with van der Waals surface area (Å²) >= 11 is 0. The van der Waals surface area contributed by atoms with Crippen LogP contribution in [-0.4, -0.2) is 17.2 Å². The van der Waals surface area contributed by atoms with E-state index in [1.54, 1.807) is 0 Å². The van der Waals surface area contributed by atoms with Crippen molar-refractivity contribution in [2.75, 3.05) is 0 Å². The summed E-state index contributed by atoms with van der Waals surface area (Å²) in [7, 11) is -3.00. The molecule has 0 radical (unpaired) electrons. The largest absolute Gasteiger partial charge is 0.307 e. The molecular formula is C54H38N2Si. The van der Waals surface area contributed by atoms with Gasteiger partial charge in [0, 0.05) is 27.2 Å². The fraction of sp³-hybridized carbons (Fsp3) is 0. The minimum absolute atomic E-state index is 1.14. The van der Waals surface area contributed by atoms with Gasteiger partial charge in [0.25, 0.3) is 0 Å². The highest BCUT2D eigenvalue weighted by atomic mass is 28.3. The van der Waals surface area contributed by atoms with Crippen LogP contribution in [0.5, 0.6) is 0 Å². The van der Waals surface area contributed by atoms with Gasteiger partial charge in [0.15, 0.2) is 8.07 Å². The molecular weight excluding hydrogens is 705 g/mol. The van der Waals surface area contributed by atoms with Crippen molar-refractivity contribution in [1.29, 1.82) is 0 Å². The van der Waals surface area contributed by atoms with Crippen LogP contribution < -0.4 is 20.7 Å². The van der Waals surface area contributed by atoms with E-state index in [0.29, 0.717) is 0 Å². The summed E-state index contributed by atoms with van der Waals surface area (Å²) in [6, 6.07) is 85.4. The van der Waals surface area contributed by atoms with E-state index in [4.69, 9.17) is 0 Å². The van der Waals surface area contributed by atoms with Crippen LogP contribution in [0.25, 0.3) is 66.1 Å². The third-order valence-electron chi connectivity index (χ3n) is 11.8. The predicted molar refractivity (Wildman–Crippen MR) is 244 cm³/mol. The Labute approximate surface area is 333 Å². The van der Waals surface area contributed by atoms with E-state index >= 15 is 0 Å². The van der Waals surface area contributed by atoms with Crippen molar-refractivity contribution in [3.8, 4) is 22.5 Å². The van der Waals surface area contributed by atoms with Gasteiger partial charge in [-0.1, -0.05) is 194 Å². The molecule has 268 valence electrons. The van der Waals surface area contributed by atoms with Gasteiger partial charge in [-0.25, -0.2) is 0 Å². The molecule has 0 unspecified atom stereocenters. The summed E-state index contributed by atoms with van der Waals surface area (Å²) in [6.45, 7) is 0. The Morgan fingerprint density at radius 2 is 0.789 bits per heavy atom. The lowest BCUT2D eigenvalue weighted by atomic mass is 10.0. The average molecular weight is 743 g/mol. The van der Waals surface area contributed by atoms with E-state index in [1.807, 2.05) is 0 Å². The van der Waals surface area contributed by atoms with Crippen molar-refractivity contribution in [3.63, 3.8) is 0 Å². The van der Waals surface area contributed by atoms with E-state index in [1.165, 1.54) is 75.5 Å². The Kier molecular flexibility index (Phi) is 7.87. The lowest BCUT2D eigenvalue weighted by molar-refractivity contribution is 1.13. The van der Waals surface area contributed by atoms with Crippen LogP contribution >= 0.6 is 0 Å². The number of para-hydroxylation sites is 4. The monoisotopic (exact) mass is 742 g/mol. The van der Waals surface area contributed by atoms with Crippen molar-refractivity contribution in [1.82, 2.24) is 9.13 Å². The first-order valence-corrected chi connectivity index (χ1v) is 21.7. The van der Waals surface area contributed by atoms with Crippen molar-refractivity contribution in [2.45, 2.75) is 0 Å². The van der Waals surface area contributed by atoms with Crippen molar-refractivity contribution in [2.24, 2.45) is 0 Å². The molecule has 0 saturated carbocycles. The number of hydrogen-bond acceptors (Lipinski definition) is 0. The van der Waals surface area contributed by atoms with Gasteiger partial charge in [-0.3, -0.25) is 0 Å². The van der Waals surface area contributed by atoms with E-state index in [-0.39, 0.29) is 0 Å². The second-order valence-electron chi connectivity index (χ2n) is 14.8. The third-order valence-corrected chi connectivity index (χ3v) is 16.6. The average Bonchev–Trinajstić information content (AvgIpc) is 3.82. The summed E-state index contributed by atoms with van der Waals surface area (Å²) in [5, 5.41) is 10.5. The molecule has 11 rings (SSSR count). The molecule has 11 aromatic rings. The minimum Gasteiger partial charge on any atom is -0.307 e. The zero-order valence-corrected chi connectivity index (χ0v) is 32.3. The summed E-state index contributed by atoms with van der Waals surface area (Å²) in [6.07, 6.45) is 0. The summed E-state index contributed by atoms with van der Waals surface area (Å²) in [5.74, 6) is 0. The maximum atomic E-state index is 2.56. The highest BCUT2D eigenvalue weighted by Gasteiger charge is 2.43. The molecule has 0 atom stereocenters. The third kappa shape index (κ3) is 5.10. The first-order valence-electron chi connectivity index (χ1n) is 19.7. The predicted octanol–water partition coefficient (Wildman–Crippen LogP) is 10.9. The Morgan fingerprint density at radius 1 is 0.316 bits per heavy atom. The topological polar surface area (TPSA) is 9.86 Å². The highest BCUT2D eigenvalue weighted by Crippen LogP contribution is 2.40. The number of nitrogens with zero attached hydrogens (tertiary/aromatic N) is 2. The molecule has 3 heteroatoms. The molecule has 57 heavy (non-hydrogen) atoms. The molecule has 0 N–H and O–H groups in total. The molecule has 0 fully saturated rings. The van der Waals surface area contributed by atoms with E-state index in [9.17, 15) is 0 Å². The molecule has 0 aliphatic carbocycles. The molecule has 2 nitrogen and oxygen atoms in total. The van der Waals surface area contributed by atoms with Gasteiger partial charge in [-0.2, -0.15) is 0 Å². The molecule has 0 amide bonds. The van der Waals surface area contributed by atoms with Crippen molar-refractivity contribution in [3.05, 3.63) is 231 Å². The van der Waals surface area contributed by atoms with E-state index in [0.717, 1.165) is 11.4 Å². The highest BCUT2D eigenvalue weighted by molar-refractivity contribution is 7.20. The van der Waals surface area contributed by atoms with Crippen molar-refractivity contribution < 1.29 is 0 Å². The Hall–Kier alpha value is -7.20. The summed E-state index contributed by atoms with van der Waals surface area (Å²) in [5.41, 5.74) is 9.48. The Bertz CT molecular complexity index is 3110. The van der Waals surface area contributed by atoms with Crippen LogP contribution in [0.4, 0.5) is 0 Å².